The molecular weight excluding hydrogens is 498 g/mol. The van der Waals surface area contributed by atoms with Gasteiger partial charge in [-0.25, -0.2) is 0 Å². The number of fused-ring (bicyclic) bond motifs is 9. The van der Waals surface area contributed by atoms with Crippen LogP contribution in [0.4, 0.5) is 0 Å². The topological polar surface area (TPSA) is 18.1 Å². The Morgan fingerprint density at radius 2 is 1.29 bits per heavy atom. The smallest absolute Gasteiger partial charge is 0.137 e. The summed E-state index contributed by atoms with van der Waals surface area (Å²) in [6, 6.07) is 48.7. The van der Waals surface area contributed by atoms with E-state index < -0.39 is 0 Å². The van der Waals surface area contributed by atoms with E-state index in [1.54, 1.807) is 0 Å². The lowest BCUT2D eigenvalue weighted by molar-refractivity contribution is 0.668. The predicted octanol–water partition coefficient (Wildman–Crippen LogP) is 10.4. The van der Waals surface area contributed by atoms with Crippen LogP contribution in [0.2, 0.25) is 0 Å². The summed E-state index contributed by atoms with van der Waals surface area (Å²) in [6.07, 6.45) is 2.14. The highest BCUT2D eigenvalue weighted by Crippen LogP contribution is 2.44. The highest BCUT2D eigenvalue weighted by molar-refractivity contribution is 6.11. The fourth-order valence-electron chi connectivity index (χ4n) is 7.18. The molecule has 1 aliphatic rings. The van der Waals surface area contributed by atoms with E-state index in [2.05, 4.69) is 126 Å². The van der Waals surface area contributed by atoms with E-state index in [0.29, 0.717) is 5.92 Å². The lowest BCUT2D eigenvalue weighted by atomic mass is 9.86. The van der Waals surface area contributed by atoms with Crippen molar-refractivity contribution < 1.29 is 4.42 Å². The third kappa shape index (κ3) is 3.37. The van der Waals surface area contributed by atoms with Gasteiger partial charge in [-0.2, -0.15) is 0 Å². The normalized spacial score (nSPS) is 14.9. The summed E-state index contributed by atoms with van der Waals surface area (Å²) in [5.41, 5.74) is 12.3. The SMILES string of the molecule is c1ccc(C2CCc3cc4c5ccccc5n(-c5ccc6c(c5)oc5ccccc56)c4cc3-c3ccccc32)cc1. The fraction of sp³-hybridized carbons (Fsp3) is 0.0769. The summed E-state index contributed by atoms with van der Waals surface area (Å²) in [4.78, 5) is 0. The molecule has 0 fully saturated rings. The first-order valence-electron chi connectivity index (χ1n) is 14.5. The Hall–Kier alpha value is -5.08. The second-order valence-electron chi connectivity index (χ2n) is 11.2. The van der Waals surface area contributed by atoms with Crippen molar-refractivity contribution in [1.82, 2.24) is 4.57 Å². The molecule has 0 spiro atoms. The summed E-state index contributed by atoms with van der Waals surface area (Å²) in [7, 11) is 0. The number of furan rings is 1. The molecule has 1 atom stereocenters. The van der Waals surface area contributed by atoms with Gasteiger partial charge in [0.1, 0.15) is 11.2 Å². The van der Waals surface area contributed by atoms with Crippen LogP contribution in [0.3, 0.4) is 0 Å². The second-order valence-corrected chi connectivity index (χ2v) is 11.2. The van der Waals surface area contributed by atoms with E-state index in [4.69, 9.17) is 4.42 Å². The number of benzene rings is 6. The molecule has 2 nitrogen and oxygen atoms in total. The van der Waals surface area contributed by atoms with Crippen molar-refractivity contribution >= 4 is 43.7 Å². The number of hydrogen-bond donors (Lipinski definition) is 0. The van der Waals surface area contributed by atoms with Crippen LogP contribution in [0.15, 0.2) is 138 Å². The molecule has 6 aromatic carbocycles. The van der Waals surface area contributed by atoms with Crippen LogP contribution in [-0.4, -0.2) is 4.57 Å². The lowest BCUT2D eigenvalue weighted by Gasteiger charge is -2.18. The molecule has 0 aliphatic heterocycles. The van der Waals surface area contributed by atoms with Crippen molar-refractivity contribution in [1.29, 1.82) is 0 Å². The zero-order valence-electron chi connectivity index (χ0n) is 22.5. The Bertz CT molecular complexity index is 2270. The van der Waals surface area contributed by atoms with Crippen LogP contribution in [0.1, 0.15) is 29.0 Å². The molecule has 194 valence electrons. The summed E-state index contributed by atoms with van der Waals surface area (Å²) < 4.78 is 8.73. The first-order chi connectivity index (χ1) is 20.3. The molecule has 0 amide bonds. The van der Waals surface area contributed by atoms with Gasteiger partial charge in [-0.15, -0.1) is 0 Å². The van der Waals surface area contributed by atoms with Gasteiger partial charge in [0.25, 0.3) is 0 Å². The maximum Gasteiger partial charge on any atom is 0.137 e. The summed E-state index contributed by atoms with van der Waals surface area (Å²) in [5, 5.41) is 4.90. The molecule has 2 heteroatoms. The quantitative estimate of drug-likeness (QED) is 0.219. The van der Waals surface area contributed by atoms with E-state index in [0.717, 1.165) is 40.5 Å². The molecule has 0 saturated carbocycles. The average Bonchev–Trinajstić information content (AvgIpc) is 3.50. The molecule has 41 heavy (non-hydrogen) atoms. The van der Waals surface area contributed by atoms with Crippen LogP contribution in [0.25, 0.3) is 60.6 Å². The molecule has 0 N–H and O–H groups in total. The van der Waals surface area contributed by atoms with E-state index in [1.165, 1.54) is 49.6 Å². The van der Waals surface area contributed by atoms with Crippen molar-refractivity contribution in [3.05, 3.63) is 150 Å². The van der Waals surface area contributed by atoms with Gasteiger partial charge in [0.2, 0.25) is 0 Å². The minimum atomic E-state index is 0.383. The molecule has 2 aromatic heterocycles. The molecule has 2 heterocycles. The van der Waals surface area contributed by atoms with Gasteiger partial charge < -0.3 is 8.98 Å². The highest BCUT2D eigenvalue weighted by Gasteiger charge is 2.25. The van der Waals surface area contributed by atoms with Crippen molar-refractivity contribution in [2.75, 3.05) is 0 Å². The van der Waals surface area contributed by atoms with E-state index in [1.807, 2.05) is 12.1 Å². The Morgan fingerprint density at radius 1 is 0.537 bits per heavy atom. The first kappa shape index (κ1) is 22.7. The van der Waals surface area contributed by atoms with Gasteiger partial charge in [0.15, 0.2) is 0 Å². The minimum absolute atomic E-state index is 0.383. The van der Waals surface area contributed by atoms with Crippen LogP contribution < -0.4 is 0 Å². The third-order valence-electron chi connectivity index (χ3n) is 9.05. The molecule has 0 saturated heterocycles. The fourth-order valence-corrected chi connectivity index (χ4v) is 7.18. The number of para-hydroxylation sites is 2. The van der Waals surface area contributed by atoms with Crippen LogP contribution >= 0.6 is 0 Å². The van der Waals surface area contributed by atoms with Gasteiger partial charge in [-0.3, -0.25) is 0 Å². The molecule has 0 radical (unpaired) electrons. The summed E-state index contributed by atoms with van der Waals surface area (Å²) in [6.45, 7) is 0. The third-order valence-corrected chi connectivity index (χ3v) is 9.05. The summed E-state index contributed by atoms with van der Waals surface area (Å²) in [5.74, 6) is 0.383. The number of aryl methyl sites for hydroxylation is 1. The van der Waals surface area contributed by atoms with Gasteiger partial charge in [0, 0.05) is 39.2 Å². The van der Waals surface area contributed by atoms with E-state index in [-0.39, 0.29) is 0 Å². The van der Waals surface area contributed by atoms with E-state index >= 15 is 0 Å². The Labute approximate surface area is 238 Å². The second kappa shape index (κ2) is 8.71. The van der Waals surface area contributed by atoms with Crippen LogP contribution in [0, 0.1) is 0 Å². The molecule has 0 bridgehead atoms. The number of nitrogens with zero attached hydrogens (tertiary/aromatic N) is 1. The standard InChI is InChI=1S/C39H27NO/c1-2-10-25(11-3-1)28-20-18-26-22-35-31-14-6-8-16-36(31)40(37(35)24-34(26)30-13-5-4-12-29(28)30)27-19-21-33-32-15-7-9-17-38(32)41-39(33)23-27/h1-17,19,21-24,28H,18,20H2. The largest absolute Gasteiger partial charge is 0.456 e. The predicted molar refractivity (Wildman–Crippen MR) is 170 cm³/mol. The number of rotatable bonds is 2. The van der Waals surface area contributed by atoms with Crippen molar-refractivity contribution in [3.8, 4) is 16.8 Å². The van der Waals surface area contributed by atoms with Gasteiger partial charge >= 0.3 is 0 Å². The molecule has 1 unspecified atom stereocenters. The maximum atomic E-state index is 6.31. The van der Waals surface area contributed by atoms with Crippen molar-refractivity contribution in [2.45, 2.75) is 18.8 Å². The maximum absolute atomic E-state index is 6.31. The van der Waals surface area contributed by atoms with Crippen LogP contribution in [0.5, 0.6) is 0 Å². The Kier molecular flexibility index (Phi) is 4.82. The van der Waals surface area contributed by atoms with Gasteiger partial charge in [-0.05, 0) is 77.1 Å². The molecular formula is C39H27NO. The first-order valence-corrected chi connectivity index (χ1v) is 14.5. The monoisotopic (exact) mass is 525 g/mol. The van der Waals surface area contributed by atoms with Crippen molar-refractivity contribution in [2.24, 2.45) is 0 Å². The Balaban J connectivity index is 1.31. The van der Waals surface area contributed by atoms with Gasteiger partial charge in [-0.1, -0.05) is 91.0 Å². The lowest BCUT2D eigenvalue weighted by Crippen LogP contribution is -2.01. The Morgan fingerprint density at radius 3 is 2.22 bits per heavy atom. The van der Waals surface area contributed by atoms with Crippen LogP contribution in [-0.2, 0) is 6.42 Å². The highest BCUT2D eigenvalue weighted by atomic mass is 16.3. The molecule has 9 rings (SSSR count). The zero-order valence-corrected chi connectivity index (χ0v) is 22.5. The molecule has 1 aliphatic carbocycles. The van der Waals surface area contributed by atoms with Crippen molar-refractivity contribution in [3.63, 3.8) is 0 Å². The zero-order chi connectivity index (χ0) is 26.9. The number of aromatic nitrogens is 1. The average molecular weight is 526 g/mol. The van der Waals surface area contributed by atoms with E-state index in [9.17, 15) is 0 Å². The minimum Gasteiger partial charge on any atom is -0.456 e. The van der Waals surface area contributed by atoms with Gasteiger partial charge in [0.05, 0.1) is 11.0 Å². The number of hydrogen-bond acceptors (Lipinski definition) is 1. The molecule has 8 aromatic rings. The summed E-state index contributed by atoms with van der Waals surface area (Å²) >= 11 is 0.